The zero-order chi connectivity index (χ0) is 22.1. The lowest BCUT2D eigenvalue weighted by Crippen LogP contribution is -2.36. The van der Waals surface area contributed by atoms with Crippen molar-refractivity contribution in [1.29, 1.82) is 0 Å². The van der Waals surface area contributed by atoms with Crippen molar-refractivity contribution in [2.24, 2.45) is 0 Å². The fourth-order valence-corrected chi connectivity index (χ4v) is 4.78. The summed E-state index contributed by atoms with van der Waals surface area (Å²) in [5.74, 6) is 0.965. The second kappa shape index (κ2) is 8.44. The summed E-state index contributed by atoms with van der Waals surface area (Å²) < 4.78 is 16.9. The van der Waals surface area contributed by atoms with Crippen LogP contribution in [0.25, 0.3) is 0 Å². The molecular weight excluding hydrogens is 410 g/mol. The first-order valence-electron chi connectivity index (χ1n) is 11.0. The average molecular weight is 437 g/mol. The van der Waals surface area contributed by atoms with Crippen molar-refractivity contribution >= 4 is 23.2 Å². The van der Waals surface area contributed by atoms with Crippen LogP contribution in [0.4, 0.5) is 11.4 Å². The number of carbonyl (C=O) groups excluding carboxylic acids is 2. The van der Waals surface area contributed by atoms with Crippen molar-refractivity contribution < 1.29 is 23.8 Å². The summed E-state index contributed by atoms with van der Waals surface area (Å²) in [6, 6.07) is 12.6. The van der Waals surface area contributed by atoms with Crippen LogP contribution >= 0.6 is 0 Å². The van der Waals surface area contributed by atoms with Crippen LogP contribution in [0.3, 0.4) is 0 Å². The summed E-state index contributed by atoms with van der Waals surface area (Å²) in [4.78, 5) is 25.8. The highest BCUT2D eigenvalue weighted by molar-refractivity contribution is 6.08. The van der Waals surface area contributed by atoms with E-state index in [0.717, 1.165) is 24.1 Å². The average Bonchev–Trinajstić information content (AvgIpc) is 3.38. The van der Waals surface area contributed by atoms with E-state index < -0.39 is 11.5 Å². The second-order valence-corrected chi connectivity index (χ2v) is 8.50. The number of hydrogen-bond acceptors (Lipinski definition) is 6. The van der Waals surface area contributed by atoms with E-state index in [1.54, 1.807) is 19.2 Å². The topological polar surface area (TPSA) is 97.9 Å². The third-order valence-corrected chi connectivity index (χ3v) is 6.55. The molecule has 3 aliphatic rings. The van der Waals surface area contributed by atoms with Gasteiger partial charge in [0.2, 0.25) is 11.8 Å². The van der Waals surface area contributed by atoms with Crippen LogP contribution in [0.5, 0.6) is 11.5 Å². The summed E-state index contributed by atoms with van der Waals surface area (Å²) in [6.07, 6.45) is 2.22. The van der Waals surface area contributed by atoms with E-state index in [4.69, 9.17) is 14.2 Å². The van der Waals surface area contributed by atoms with Crippen LogP contribution in [-0.2, 0) is 19.7 Å². The Hall–Kier alpha value is -3.10. The lowest BCUT2D eigenvalue weighted by Gasteiger charge is -2.24. The number of fused-ring (bicyclic) bond motifs is 2. The molecule has 3 heterocycles. The fourth-order valence-electron chi connectivity index (χ4n) is 4.78. The van der Waals surface area contributed by atoms with Gasteiger partial charge in [-0.2, -0.15) is 0 Å². The van der Waals surface area contributed by atoms with Crippen molar-refractivity contribution in [1.82, 2.24) is 5.32 Å². The van der Waals surface area contributed by atoms with Gasteiger partial charge in [-0.05, 0) is 30.2 Å². The zero-order valence-corrected chi connectivity index (χ0v) is 18.0. The molecule has 3 N–H and O–H groups in total. The van der Waals surface area contributed by atoms with Gasteiger partial charge in [0.1, 0.15) is 17.6 Å². The molecule has 2 atom stereocenters. The molecule has 0 aromatic heterocycles. The molecule has 2 aromatic carbocycles. The minimum absolute atomic E-state index is 0.0614. The summed E-state index contributed by atoms with van der Waals surface area (Å²) in [6.45, 7) is 1.82. The molecule has 0 saturated carbocycles. The second-order valence-electron chi connectivity index (χ2n) is 8.50. The van der Waals surface area contributed by atoms with Crippen LogP contribution in [0.15, 0.2) is 42.5 Å². The first kappa shape index (κ1) is 20.8. The Balaban J connectivity index is 1.28. The van der Waals surface area contributed by atoms with Crippen LogP contribution in [-0.4, -0.2) is 50.8 Å². The number of methoxy groups -OCH3 is 1. The Labute approximate surface area is 186 Å². The Morgan fingerprint density at radius 3 is 2.81 bits per heavy atom. The van der Waals surface area contributed by atoms with Crippen LogP contribution in [0.1, 0.15) is 24.8 Å². The molecular formula is C24H27N3O5. The van der Waals surface area contributed by atoms with Gasteiger partial charge >= 0.3 is 0 Å². The predicted octanol–water partition coefficient (Wildman–Crippen LogP) is 2.44. The number of hydrogen-bond donors (Lipinski definition) is 3. The fraction of sp³-hybridized carbons (Fsp3) is 0.417. The van der Waals surface area contributed by atoms with Gasteiger partial charge < -0.3 is 30.2 Å². The number of carbonyl (C=O) groups is 2. The molecule has 8 heteroatoms. The lowest BCUT2D eigenvalue weighted by molar-refractivity contribution is -0.120. The smallest absolute Gasteiger partial charge is 0.241 e. The van der Waals surface area contributed by atoms with Crippen molar-refractivity contribution in [2.45, 2.75) is 36.8 Å². The van der Waals surface area contributed by atoms with E-state index in [0.29, 0.717) is 43.4 Å². The van der Waals surface area contributed by atoms with Crippen molar-refractivity contribution in [3.63, 3.8) is 0 Å². The Kier molecular flexibility index (Phi) is 5.48. The summed E-state index contributed by atoms with van der Waals surface area (Å²) in [7, 11) is 1.56. The molecule has 2 fully saturated rings. The standard InChI is InChI=1S/C24H27N3O5/c1-30-21-12-16(32-15-8-10-31-11-9-15)6-7-19(21)26-22(28)20-13-24(14-25-20)17-4-2-3-5-18(17)27-23(24)29/h2-7,12,15,20,25H,8-11,13-14H2,1H3,(H,26,28)(H,27,29). The predicted molar refractivity (Wildman–Crippen MR) is 119 cm³/mol. The van der Waals surface area contributed by atoms with Gasteiger partial charge in [-0.1, -0.05) is 18.2 Å². The minimum atomic E-state index is -0.718. The Morgan fingerprint density at radius 1 is 1.19 bits per heavy atom. The molecule has 0 radical (unpaired) electrons. The van der Waals surface area contributed by atoms with E-state index in [9.17, 15) is 9.59 Å². The third-order valence-electron chi connectivity index (χ3n) is 6.55. The molecule has 32 heavy (non-hydrogen) atoms. The molecule has 8 nitrogen and oxygen atoms in total. The minimum Gasteiger partial charge on any atom is -0.494 e. The van der Waals surface area contributed by atoms with Crippen molar-refractivity contribution in [3.05, 3.63) is 48.0 Å². The molecule has 2 unspecified atom stereocenters. The number of anilines is 2. The maximum absolute atomic E-state index is 13.0. The third kappa shape index (κ3) is 3.69. The Bertz CT molecular complexity index is 1040. The maximum Gasteiger partial charge on any atom is 0.241 e. The van der Waals surface area contributed by atoms with E-state index in [2.05, 4.69) is 16.0 Å². The van der Waals surface area contributed by atoms with Crippen molar-refractivity contribution in [2.75, 3.05) is 37.5 Å². The Morgan fingerprint density at radius 2 is 2.00 bits per heavy atom. The molecule has 5 rings (SSSR count). The monoisotopic (exact) mass is 437 g/mol. The zero-order valence-electron chi connectivity index (χ0n) is 18.0. The number of ether oxygens (including phenoxy) is 3. The number of nitrogens with one attached hydrogen (secondary N) is 3. The molecule has 2 amide bonds. The quantitative estimate of drug-likeness (QED) is 0.665. The van der Waals surface area contributed by atoms with E-state index in [1.165, 1.54) is 0 Å². The van der Waals surface area contributed by atoms with Gasteiger partial charge in [0.15, 0.2) is 0 Å². The van der Waals surface area contributed by atoms with Crippen LogP contribution in [0.2, 0.25) is 0 Å². The summed E-state index contributed by atoms with van der Waals surface area (Å²) in [5.41, 5.74) is 1.61. The van der Waals surface area contributed by atoms with Gasteiger partial charge in [0, 0.05) is 31.1 Å². The van der Waals surface area contributed by atoms with Gasteiger partial charge in [0.05, 0.1) is 37.5 Å². The highest BCUT2D eigenvalue weighted by Crippen LogP contribution is 2.43. The summed E-state index contributed by atoms with van der Waals surface area (Å²) >= 11 is 0. The number of para-hydroxylation sites is 1. The van der Waals surface area contributed by atoms with Gasteiger partial charge in [-0.25, -0.2) is 0 Å². The molecule has 0 bridgehead atoms. The lowest BCUT2D eigenvalue weighted by atomic mass is 9.79. The summed E-state index contributed by atoms with van der Waals surface area (Å²) in [5, 5.41) is 9.12. The highest BCUT2D eigenvalue weighted by atomic mass is 16.5. The number of benzene rings is 2. The molecule has 168 valence electrons. The van der Waals surface area contributed by atoms with Gasteiger partial charge in [-0.3, -0.25) is 9.59 Å². The molecule has 2 aromatic rings. The number of amides is 2. The van der Waals surface area contributed by atoms with Crippen molar-refractivity contribution in [3.8, 4) is 11.5 Å². The first-order valence-corrected chi connectivity index (χ1v) is 11.0. The molecule has 1 spiro atoms. The van der Waals surface area contributed by atoms with E-state index in [1.807, 2.05) is 30.3 Å². The first-order chi connectivity index (χ1) is 15.6. The normalized spacial score (nSPS) is 24.8. The maximum atomic E-state index is 13.0. The molecule has 2 saturated heterocycles. The SMILES string of the molecule is COc1cc(OC2CCOCC2)ccc1NC(=O)C1CC2(CN1)C(=O)Nc1ccccc12. The van der Waals surface area contributed by atoms with Gasteiger partial charge in [0.25, 0.3) is 0 Å². The largest absolute Gasteiger partial charge is 0.494 e. The number of rotatable bonds is 5. The molecule has 0 aliphatic carbocycles. The highest BCUT2D eigenvalue weighted by Gasteiger charge is 2.52. The van der Waals surface area contributed by atoms with E-state index in [-0.39, 0.29) is 17.9 Å². The van der Waals surface area contributed by atoms with Gasteiger partial charge in [-0.15, -0.1) is 0 Å². The van der Waals surface area contributed by atoms with Crippen LogP contribution in [0, 0.1) is 0 Å². The van der Waals surface area contributed by atoms with Crippen LogP contribution < -0.4 is 25.4 Å². The molecule has 3 aliphatic heterocycles. The van der Waals surface area contributed by atoms with E-state index >= 15 is 0 Å².